The number of carbonyl (C=O) groups is 2. The van der Waals surface area contributed by atoms with Gasteiger partial charge in [0.1, 0.15) is 5.82 Å². The SMILES string of the molecule is CN(C)C(=O)c1ccc(-c2ccc(Nc3cncc(N4Cc5ccccc5C4=O)c3)nc2)cc1. The molecule has 4 aromatic rings. The number of aromatic nitrogens is 2. The molecule has 34 heavy (non-hydrogen) atoms. The van der Waals surface area contributed by atoms with E-state index in [1.54, 1.807) is 42.5 Å². The summed E-state index contributed by atoms with van der Waals surface area (Å²) >= 11 is 0. The van der Waals surface area contributed by atoms with Crippen molar-refractivity contribution in [1.82, 2.24) is 14.9 Å². The topological polar surface area (TPSA) is 78.4 Å². The zero-order valence-corrected chi connectivity index (χ0v) is 18.9. The highest BCUT2D eigenvalue weighted by Crippen LogP contribution is 2.30. The summed E-state index contributed by atoms with van der Waals surface area (Å²) in [5, 5.41) is 3.26. The molecule has 2 aromatic carbocycles. The van der Waals surface area contributed by atoms with Gasteiger partial charge in [0.05, 0.1) is 30.3 Å². The Labute approximate surface area is 197 Å². The molecule has 0 aliphatic carbocycles. The standard InChI is InChI=1S/C27H23N5O2/c1-31(2)26(33)19-9-7-18(8-10-19)20-11-12-25(29-14-20)30-22-13-23(16-28-15-22)32-17-21-5-3-4-6-24(21)27(32)34/h3-16H,17H2,1-2H3,(H,29,30). The highest BCUT2D eigenvalue weighted by molar-refractivity contribution is 6.10. The summed E-state index contributed by atoms with van der Waals surface area (Å²) in [7, 11) is 3.47. The quantitative estimate of drug-likeness (QED) is 0.476. The van der Waals surface area contributed by atoms with Crippen LogP contribution in [0.4, 0.5) is 17.2 Å². The Bertz CT molecular complexity index is 1360. The molecule has 2 aromatic heterocycles. The maximum Gasteiger partial charge on any atom is 0.258 e. The van der Waals surface area contributed by atoms with Gasteiger partial charge in [-0.1, -0.05) is 30.3 Å². The zero-order chi connectivity index (χ0) is 23.7. The molecule has 7 nitrogen and oxygen atoms in total. The molecule has 1 aliphatic heterocycles. The van der Waals surface area contributed by atoms with Crippen LogP contribution in [0.15, 0.2) is 85.3 Å². The molecule has 7 heteroatoms. The number of hydrogen-bond acceptors (Lipinski definition) is 5. The summed E-state index contributed by atoms with van der Waals surface area (Å²) in [5.41, 5.74) is 5.79. The molecule has 0 spiro atoms. The van der Waals surface area contributed by atoms with Crippen molar-refractivity contribution in [2.45, 2.75) is 6.54 Å². The number of nitrogens with zero attached hydrogens (tertiary/aromatic N) is 4. The predicted molar refractivity (Wildman–Crippen MR) is 132 cm³/mol. The molecule has 3 heterocycles. The first-order chi connectivity index (χ1) is 16.5. The van der Waals surface area contributed by atoms with Crippen LogP contribution in [0.3, 0.4) is 0 Å². The van der Waals surface area contributed by atoms with E-state index in [1.807, 2.05) is 66.7 Å². The van der Waals surface area contributed by atoms with E-state index in [0.29, 0.717) is 17.9 Å². The molecule has 5 rings (SSSR count). The first kappa shape index (κ1) is 21.3. The summed E-state index contributed by atoms with van der Waals surface area (Å²) in [6.45, 7) is 0.534. The van der Waals surface area contributed by atoms with Crippen molar-refractivity contribution in [2.75, 3.05) is 24.3 Å². The molecule has 0 saturated carbocycles. The minimum atomic E-state index is -0.0282. The molecule has 168 valence electrons. The van der Waals surface area contributed by atoms with Crippen LogP contribution in [0.25, 0.3) is 11.1 Å². The predicted octanol–water partition coefficient (Wildman–Crippen LogP) is 4.75. The normalized spacial score (nSPS) is 12.4. The van der Waals surface area contributed by atoms with Crippen molar-refractivity contribution >= 4 is 29.0 Å². The Kier molecular flexibility index (Phi) is 5.51. The van der Waals surface area contributed by atoms with Crippen molar-refractivity contribution in [3.05, 3.63) is 102 Å². The fourth-order valence-electron chi connectivity index (χ4n) is 3.96. The molecular formula is C27H23N5O2. The molecule has 1 aliphatic rings. The zero-order valence-electron chi connectivity index (χ0n) is 18.9. The second-order valence-electron chi connectivity index (χ2n) is 8.31. The Morgan fingerprint density at radius 3 is 2.41 bits per heavy atom. The average Bonchev–Trinajstić information content (AvgIpc) is 3.21. The lowest BCUT2D eigenvalue weighted by atomic mass is 10.1. The van der Waals surface area contributed by atoms with E-state index >= 15 is 0 Å². The minimum Gasteiger partial charge on any atom is -0.345 e. The first-order valence-electron chi connectivity index (χ1n) is 10.9. The molecule has 0 radical (unpaired) electrons. The summed E-state index contributed by atoms with van der Waals surface area (Å²) in [6, 6.07) is 20.9. The number of benzene rings is 2. The van der Waals surface area contributed by atoms with Crippen molar-refractivity contribution in [1.29, 1.82) is 0 Å². The van der Waals surface area contributed by atoms with Gasteiger partial charge in [-0.05, 0) is 47.5 Å². The van der Waals surface area contributed by atoms with E-state index in [4.69, 9.17) is 0 Å². The lowest BCUT2D eigenvalue weighted by Crippen LogP contribution is -2.23. The van der Waals surface area contributed by atoms with E-state index in [2.05, 4.69) is 15.3 Å². The number of rotatable bonds is 5. The Morgan fingerprint density at radius 2 is 1.71 bits per heavy atom. The van der Waals surface area contributed by atoms with Crippen molar-refractivity contribution in [2.24, 2.45) is 0 Å². The summed E-state index contributed by atoms with van der Waals surface area (Å²) in [5.74, 6) is 0.619. The lowest BCUT2D eigenvalue weighted by molar-refractivity contribution is 0.0827. The second kappa shape index (κ2) is 8.78. The molecule has 0 fully saturated rings. The van der Waals surface area contributed by atoms with Crippen LogP contribution in [-0.2, 0) is 6.54 Å². The van der Waals surface area contributed by atoms with Crippen LogP contribution >= 0.6 is 0 Å². The van der Waals surface area contributed by atoms with Gasteiger partial charge in [-0.15, -0.1) is 0 Å². The Balaban J connectivity index is 1.30. The molecule has 0 unspecified atom stereocenters. The van der Waals surface area contributed by atoms with Gasteiger partial charge < -0.3 is 15.1 Å². The maximum absolute atomic E-state index is 12.8. The van der Waals surface area contributed by atoms with Crippen LogP contribution in [0.5, 0.6) is 0 Å². The van der Waals surface area contributed by atoms with Crippen LogP contribution < -0.4 is 10.2 Å². The van der Waals surface area contributed by atoms with E-state index in [-0.39, 0.29) is 11.8 Å². The third-order valence-electron chi connectivity index (χ3n) is 5.76. The van der Waals surface area contributed by atoms with E-state index < -0.39 is 0 Å². The van der Waals surface area contributed by atoms with Gasteiger partial charge >= 0.3 is 0 Å². The van der Waals surface area contributed by atoms with E-state index in [9.17, 15) is 9.59 Å². The van der Waals surface area contributed by atoms with Crippen LogP contribution in [0.1, 0.15) is 26.3 Å². The molecule has 1 N–H and O–H groups in total. The third-order valence-corrected chi connectivity index (χ3v) is 5.76. The average molecular weight is 450 g/mol. The molecular weight excluding hydrogens is 426 g/mol. The van der Waals surface area contributed by atoms with Crippen LogP contribution in [0, 0.1) is 0 Å². The Morgan fingerprint density at radius 1 is 0.941 bits per heavy atom. The van der Waals surface area contributed by atoms with Gasteiger partial charge in [0.25, 0.3) is 11.8 Å². The van der Waals surface area contributed by atoms with Gasteiger partial charge in [-0.25, -0.2) is 4.98 Å². The number of nitrogens with one attached hydrogen (secondary N) is 1. The molecule has 0 saturated heterocycles. The number of carbonyl (C=O) groups excluding carboxylic acids is 2. The minimum absolute atomic E-state index is 0.0182. The molecule has 0 atom stereocenters. The lowest BCUT2D eigenvalue weighted by Gasteiger charge is -2.16. The largest absolute Gasteiger partial charge is 0.345 e. The Hall–Kier alpha value is -4.52. The fraction of sp³-hybridized carbons (Fsp3) is 0.111. The number of pyridine rings is 2. The highest BCUT2D eigenvalue weighted by Gasteiger charge is 2.28. The van der Waals surface area contributed by atoms with Gasteiger partial charge in [0.15, 0.2) is 0 Å². The molecule has 2 amide bonds. The van der Waals surface area contributed by atoms with Gasteiger partial charge in [-0.2, -0.15) is 0 Å². The molecule has 0 bridgehead atoms. The van der Waals surface area contributed by atoms with Crippen molar-refractivity contribution in [3.63, 3.8) is 0 Å². The third kappa shape index (κ3) is 4.11. The summed E-state index contributed by atoms with van der Waals surface area (Å²) in [6.07, 6.45) is 5.17. The maximum atomic E-state index is 12.8. The monoisotopic (exact) mass is 449 g/mol. The summed E-state index contributed by atoms with van der Waals surface area (Å²) < 4.78 is 0. The summed E-state index contributed by atoms with van der Waals surface area (Å²) in [4.78, 5) is 37.0. The number of anilines is 3. The highest BCUT2D eigenvalue weighted by atomic mass is 16.2. The number of hydrogen-bond donors (Lipinski definition) is 1. The van der Waals surface area contributed by atoms with E-state index in [0.717, 1.165) is 33.6 Å². The number of amides is 2. The van der Waals surface area contributed by atoms with Gasteiger partial charge in [0.2, 0.25) is 0 Å². The number of fused-ring (bicyclic) bond motifs is 1. The fourth-order valence-corrected chi connectivity index (χ4v) is 3.96. The smallest absolute Gasteiger partial charge is 0.258 e. The van der Waals surface area contributed by atoms with Gasteiger partial charge in [-0.3, -0.25) is 14.6 Å². The van der Waals surface area contributed by atoms with E-state index in [1.165, 1.54) is 0 Å². The van der Waals surface area contributed by atoms with Crippen LogP contribution in [0.2, 0.25) is 0 Å². The van der Waals surface area contributed by atoms with Gasteiger partial charge in [0, 0.05) is 37.0 Å². The van der Waals surface area contributed by atoms with Crippen LogP contribution in [-0.4, -0.2) is 40.8 Å². The van der Waals surface area contributed by atoms with Crippen molar-refractivity contribution < 1.29 is 9.59 Å². The first-order valence-corrected chi connectivity index (χ1v) is 10.9. The second-order valence-corrected chi connectivity index (χ2v) is 8.31. The van der Waals surface area contributed by atoms with Crippen molar-refractivity contribution in [3.8, 4) is 11.1 Å².